The maximum Gasteiger partial charge on any atom is 0.229 e. The maximum absolute atomic E-state index is 12.6. The first-order chi connectivity index (χ1) is 8.78. The minimum Gasteiger partial charge on any atom is -0.379 e. The first-order valence-electron chi connectivity index (χ1n) is 7.03. The fourth-order valence-corrected chi connectivity index (χ4v) is 3.29. The Morgan fingerprint density at radius 2 is 2.00 bits per heavy atom. The third-order valence-electron chi connectivity index (χ3n) is 4.22. The summed E-state index contributed by atoms with van der Waals surface area (Å²) in [6.45, 7) is 5.70. The summed E-state index contributed by atoms with van der Waals surface area (Å²) in [5.41, 5.74) is 0. The van der Waals surface area contributed by atoms with Crippen LogP contribution < -0.4 is 5.32 Å². The van der Waals surface area contributed by atoms with Crippen molar-refractivity contribution in [1.82, 2.24) is 10.2 Å². The molecule has 3 aliphatic rings. The van der Waals surface area contributed by atoms with Crippen molar-refractivity contribution in [2.24, 2.45) is 5.92 Å². The van der Waals surface area contributed by atoms with Crippen LogP contribution in [0, 0.1) is 5.92 Å². The van der Waals surface area contributed by atoms with Gasteiger partial charge in [0.25, 0.3) is 0 Å². The maximum atomic E-state index is 12.6. The fourth-order valence-electron chi connectivity index (χ4n) is 3.29. The molecule has 5 heteroatoms. The highest BCUT2D eigenvalue weighted by molar-refractivity contribution is 5.80. The highest BCUT2D eigenvalue weighted by Crippen LogP contribution is 2.28. The molecule has 3 rings (SSSR count). The first kappa shape index (κ1) is 12.4. The average Bonchev–Trinajstić information content (AvgIpc) is 2.96. The lowest BCUT2D eigenvalue weighted by Crippen LogP contribution is -2.51. The number of nitrogens with zero attached hydrogens (tertiary/aromatic N) is 1. The van der Waals surface area contributed by atoms with E-state index in [1.165, 1.54) is 0 Å². The second-order valence-electron chi connectivity index (χ2n) is 5.51. The van der Waals surface area contributed by atoms with Gasteiger partial charge in [0, 0.05) is 19.1 Å². The minimum absolute atomic E-state index is 0.0116. The van der Waals surface area contributed by atoms with E-state index in [1.807, 2.05) is 4.90 Å². The predicted octanol–water partition coefficient (Wildman–Crippen LogP) is 0.000700. The second kappa shape index (κ2) is 5.15. The highest BCUT2D eigenvalue weighted by atomic mass is 16.5. The SMILES string of the molecule is CCNC1COCC1C(=O)N1CC2CCC(C1)O2. The zero-order chi connectivity index (χ0) is 12.5. The smallest absolute Gasteiger partial charge is 0.229 e. The van der Waals surface area contributed by atoms with E-state index in [-0.39, 0.29) is 30.1 Å². The minimum atomic E-state index is -0.0116. The van der Waals surface area contributed by atoms with Gasteiger partial charge < -0.3 is 19.7 Å². The number of hydrogen-bond acceptors (Lipinski definition) is 4. The van der Waals surface area contributed by atoms with Gasteiger partial charge >= 0.3 is 0 Å². The number of likely N-dealkylation sites (tertiary alicyclic amines) is 1. The van der Waals surface area contributed by atoms with Crippen LogP contribution in [0.1, 0.15) is 19.8 Å². The van der Waals surface area contributed by atoms with Crippen molar-refractivity contribution in [2.45, 2.75) is 38.0 Å². The second-order valence-corrected chi connectivity index (χ2v) is 5.51. The molecule has 0 aromatic carbocycles. The molecule has 4 atom stereocenters. The van der Waals surface area contributed by atoms with E-state index < -0.39 is 0 Å². The summed E-state index contributed by atoms with van der Waals surface area (Å²) in [5, 5.41) is 3.35. The van der Waals surface area contributed by atoms with E-state index in [1.54, 1.807) is 0 Å². The van der Waals surface area contributed by atoms with Crippen LogP contribution in [0.2, 0.25) is 0 Å². The van der Waals surface area contributed by atoms with E-state index in [2.05, 4.69) is 12.2 Å². The predicted molar refractivity (Wildman–Crippen MR) is 66.2 cm³/mol. The molecule has 5 nitrogen and oxygen atoms in total. The van der Waals surface area contributed by atoms with Gasteiger partial charge in [0.05, 0.1) is 31.3 Å². The zero-order valence-corrected chi connectivity index (χ0v) is 10.9. The standard InChI is InChI=1S/C13H22N2O3/c1-2-14-12-8-17-7-11(12)13(16)15-5-9-3-4-10(6-15)18-9/h9-12,14H,2-8H2,1H3. The molecule has 3 aliphatic heterocycles. The third-order valence-corrected chi connectivity index (χ3v) is 4.22. The summed E-state index contributed by atoms with van der Waals surface area (Å²) < 4.78 is 11.2. The molecule has 1 N–H and O–H groups in total. The molecule has 3 fully saturated rings. The van der Waals surface area contributed by atoms with Crippen molar-refractivity contribution in [1.29, 1.82) is 0 Å². The van der Waals surface area contributed by atoms with E-state index in [0.29, 0.717) is 13.2 Å². The molecule has 4 unspecified atom stereocenters. The van der Waals surface area contributed by atoms with Crippen LogP contribution in [0.4, 0.5) is 0 Å². The molecular formula is C13H22N2O3. The highest BCUT2D eigenvalue weighted by Gasteiger charge is 2.41. The van der Waals surface area contributed by atoms with Crippen LogP contribution >= 0.6 is 0 Å². The van der Waals surface area contributed by atoms with Gasteiger partial charge in [-0.2, -0.15) is 0 Å². The van der Waals surface area contributed by atoms with E-state index in [9.17, 15) is 4.79 Å². The molecule has 3 saturated heterocycles. The Labute approximate surface area is 108 Å². The monoisotopic (exact) mass is 254 g/mol. The number of amides is 1. The zero-order valence-electron chi connectivity index (χ0n) is 10.9. The van der Waals surface area contributed by atoms with Crippen LogP contribution in [0.5, 0.6) is 0 Å². The molecule has 102 valence electrons. The van der Waals surface area contributed by atoms with Gasteiger partial charge in [0.1, 0.15) is 0 Å². The molecule has 0 aliphatic carbocycles. The van der Waals surface area contributed by atoms with Gasteiger partial charge in [-0.3, -0.25) is 4.79 Å². The average molecular weight is 254 g/mol. The van der Waals surface area contributed by atoms with E-state index in [4.69, 9.17) is 9.47 Å². The van der Waals surface area contributed by atoms with Crippen molar-refractivity contribution in [2.75, 3.05) is 32.8 Å². The van der Waals surface area contributed by atoms with Crippen molar-refractivity contribution < 1.29 is 14.3 Å². The molecule has 0 saturated carbocycles. The Hall–Kier alpha value is -0.650. The van der Waals surface area contributed by atoms with Crippen molar-refractivity contribution >= 4 is 5.91 Å². The van der Waals surface area contributed by atoms with Gasteiger partial charge in [-0.1, -0.05) is 6.92 Å². The van der Waals surface area contributed by atoms with Crippen LogP contribution in [-0.4, -0.2) is 61.9 Å². The first-order valence-corrected chi connectivity index (χ1v) is 7.03. The van der Waals surface area contributed by atoms with E-state index >= 15 is 0 Å². The van der Waals surface area contributed by atoms with Gasteiger partial charge in [0.15, 0.2) is 0 Å². The molecule has 0 aromatic heterocycles. The number of morpholine rings is 1. The Kier molecular flexibility index (Phi) is 3.54. The number of likely N-dealkylation sites (N-methyl/N-ethyl adjacent to an activating group) is 1. The summed E-state index contributed by atoms with van der Waals surface area (Å²) in [6.07, 6.45) is 2.75. The van der Waals surface area contributed by atoms with E-state index in [0.717, 1.165) is 32.5 Å². The topological polar surface area (TPSA) is 50.8 Å². The number of fused-ring (bicyclic) bond motifs is 2. The number of nitrogens with one attached hydrogen (secondary N) is 1. The molecule has 2 bridgehead atoms. The lowest BCUT2D eigenvalue weighted by Gasteiger charge is -2.34. The number of carbonyl (C=O) groups is 1. The Balaban J connectivity index is 1.63. The number of hydrogen-bond donors (Lipinski definition) is 1. The van der Waals surface area contributed by atoms with Crippen molar-refractivity contribution in [3.05, 3.63) is 0 Å². The molecule has 0 spiro atoms. The molecule has 3 heterocycles. The summed E-state index contributed by atoms with van der Waals surface area (Å²) in [4.78, 5) is 14.6. The number of ether oxygens (including phenoxy) is 2. The number of carbonyl (C=O) groups excluding carboxylic acids is 1. The lowest BCUT2D eigenvalue weighted by atomic mass is 10.0. The Bertz CT molecular complexity index is 311. The Morgan fingerprint density at radius 1 is 1.28 bits per heavy atom. The number of rotatable bonds is 3. The Morgan fingerprint density at radius 3 is 2.67 bits per heavy atom. The van der Waals surface area contributed by atoms with Crippen molar-refractivity contribution in [3.63, 3.8) is 0 Å². The summed E-state index contributed by atoms with van der Waals surface area (Å²) in [7, 11) is 0. The van der Waals surface area contributed by atoms with Gasteiger partial charge in [-0.25, -0.2) is 0 Å². The van der Waals surface area contributed by atoms with Gasteiger partial charge in [0.2, 0.25) is 5.91 Å². The quantitative estimate of drug-likeness (QED) is 0.770. The van der Waals surface area contributed by atoms with Gasteiger partial charge in [-0.05, 0) is 19.4 Å². The lowest BCUT2D eigenvalue weighted by molar-refractivity contribution is -0.144. The fraction of sp³-hybridized carbons (Fsp3) is 0.923. The molecule has 18 heavy (non-hydrogen) atoms. The summed E-state index contributed by atoms with van der Waals surface area (Å²) >= 11 is 0. The van der Waals surface area contributed by atoms with Crippen LogP contribution in [0.25, 0.3) is 0 Å². The normalized spacial score (nSPS) is 39.3. The summed E-state index contributed by atoms with van der Waals surface area (Å²) in [6, 6.07) is 0.183. The van der Waals surface area contributed by atoms with Crippen molar-refractivity contribution in [3.8, 4) is 0 Å². The summed E-state index contributed by atoms with van der Waals surface area (Å²) in [5.74, 6) is 0.237. The van der Waals surface area contributed by atoms with Crippen LogP contribution in [0.3, 0.4) is 0 Å². The third kappa shape index (κ3) is 2.27. The van der Waals surface area contributed by atoms with Gasteiger partial charge in [-0.15, -0.1) is 0 Å². The molecule has 1 amide bonds. The van der Waals surface area contributed by atoms with Crippen LogP contribution in [-0.2, 0) is 14.3 Å². The molecule has 0 radical (unpaired) electrons. The largest absolute Gasteiger partial charge is 0.379 e. The molecular weight excluding hydrogens is 232 g/mol. The van der Waals surface area contributed by atoms with Crippen LogP contribution in [0.15, 0.2) is 0 Å². The molecule has 0 aromatic rings.